The molecule has 6 nitrogen and oxygen atoms in total. The van der Waals surface area contributed by atoms with Crippen molar-refractivity contribution in [2.45, 2.75) is 35.6 Å². The molecule has 3 rings (SSSR count). The number of nitrogens with two attached hydrogens (primary N) is 1. The standard InChI is InChI=1S/C14H17N3O3S2/c15-22(18,19)13-9-16-14(21-13)17-11-7-4-8-12(11)20-10-5-2-1-3-6-10/h1-3,5-6,9,11-12H,4,7-8H2,(H,16,17)(H2,15,18,19)/t11-,12-/m0/s1. The Balaban J connectivity index is 1.67. The van der Waals surface area contributed by atoms with Crippen molar-refractivity contribution in [1.29, 1.82) is 0 Å². The molecular formula is C14H17N3O3S2. The number of rotatable bonds is 5. The number of nitrogens with one attached hydrogen (secondary N) is 1. The third-order valence-electron chi connectivity index (χ3n) is 3.56. The molecule has 1 aromatic heterocycles. The smallest absolute Gasteiger partial charge is 0.249 e. The number of sulfonamides is 1. The summed E-state index contributed by atoms with van der Waals surface area (Å²) < 4.78 is 28.6. The highest BCUT2D eigenvalue weighted by atomic mass is 32.2. The third kappa shape index (κ3) is 3.57. The SMILES string of the molecule is NS(=O)(=O)c1cnc(N[C@H]2CCC[C@@H]2Oc2ccccc2)s1. The number of nitrogens with zero attached hydrogens (tertiary/aromatic N) is 1. The summed E-state index contributed by atoms with van der Waals surface area (Å²) in [5.41, 5.74) is 0. The fourth-order valence-corrected chi connectivity index (χ4v) is 4.03. The van der Waals surface area contributed by atoms with Gasteiger partial charge in [0.05, 0.1) is 12.2 Å². The average Bonchev–Trinajstić information content (AvgIpc) is 3.10. The highest BCUT2D eigenvalue weighted by Gasteiger charge is 2.30. The summed E-state index contributed by atoms with van der Waals surface area (Å²) in [7, 11) is -3.69. The van der Waals surface area contributed by atoms with E-state index in [1.54, 1.807) is 0 Å². The molecule has 1 heterocycles. The Morgan fingerprint density at radius 1 is 1.27 bits per heavy atom. The minimum Gasteiger partial charge on any atom is -0.488 e. The van der Waals surface area contributed by atoms with Crippen LogP contribution >= 0.6 is 11.3 Å². The summed E-state index contributed by atoms with van der Waals surface area (Å²) in [6, 6.07) is 9.79. The maximum atomic E-state index is 11.3. The van der Waals surface area contributed by atoms with Gasteiger partial charge < -0.3 is 10.1 Å². The van der Waals surface area contributed by atoms with Gasteiger partial charge in [0.2, 0.25) is 10.0 Å². The van der Waals surface area contributed by atoms with Gasteiger partial charge in [0.25, 0.3) is 0 Å². The van der Waals surface area contributed by atoms with Gasteiger partial charge in [-0.05, 0) is 31.4 Å². The van der Waals surface area contributed by atoms with Crippen molar-refractivity contribution in [1.82, 2.24) is 4.98 Å². The minimum absolute atomic E-state index is 0.0456. The zero-order chi connectivity index (χ0) is 15.6. The summed E-state index contributed by atoms with van der Waals surface area (Å²) in [6.45, 7) is 0. The molecule has 0 unspecified atom stereocenters. The van der Waals surface area contributed by atoms with Gasteiger partial charge in [0.1, 0.15) is 11.9 Å². The Hall–Kier alpha value is -1.64. The fourth-order valence-electron chi connectivity index (χ4n) is 2.52. The minimum atomic E-state index is -3.69. The molecule has 0 spiro atoms. The van der Waals surface area contributed by atoms with Gasteiger partial charge in [-0.15, -0.1) is 0 Å². The Morgan fingerprint density at radius 2 is 2.05 bits per heavy atom. The molecule has 1 aromatic carbocycles. The van der Waals surface area contributed by atoms with Crippen LogP contribution in [0.3, 0.4) is 0 Å². The first-order valence-corrected chi connectivity index (χ1v) is 9.35. The number of para-hydroxylation sites is 1. The van der Waals surface area contributed by atoms with E-state index in [1.165, 1.54) is 6.20 Å². The van der Waals surface area contributed by atoms with E-state index in [0.29, 0.717) is 5.13 Å². The number of hydrogen-bond donors (Lipinski definition) is 2. The summed E-state index contributed by atoms with van der Waals surface area (Å²) in [5.74, 6) is 0.838. The van der Waals surface area contributed by atoms with E-state index < -0.39 is 10.0 Å². The van der Waals surface area contributed by atoms with E-state index in [0.717, 1.165) is 36.3 Å². The van der Waals surface area contributed by atoms with Crippen molar-refractivity contribution in [3.63, 3.8) is 0 Å². The van der Waals surface area contributed by atoms with Crippen LogP contribution in [0, 0.1) is 0 Å². The summed E-state index contributed by atoms with van der Waals surface area (Å²) in [4.78, 5) is 4.08. The molecule has 0 radical (unpaired) electrons. The van der Waals surface area contributed by atoms with E-state index in [4.69, 9.17) is 9.88 Å². The number of thiazole rings is 1. The maximum absolute atomic E-state index is 11.3. The van der Waals surface area contributed by atoms with Crippen molar-refractivity contribution in [2.75, 3.05) is 5.32 Å². The Labute approximate surface area is 133 Å². The molecule has 22 heavy (non-hydrogen) atoms. The number of anilines is 1. The number of aromatic nitrogens is 1. The first kappa shape index (κ1) is 15.3. The van der Waals surface area contributed by atoms with Gasteiger partial charge in [0.15, 0.2) is 9.34 Å². The Kier molecular flexibility index (Phi) is 4.32. The lowest BCUT2D eigenvalue weighted by molar-refractivity contribution is 0.198. The molecule has 8 heteroatoms. The molecule has 1 saturated carbocycles. The Morgan fingerprint density at radius 3 is 2.73 bits per heavy atom. The zero-order valence-electron chi connectivity index (χ0n) is 11.8. The number of benzene rings is 1. The van der Waals surface area contributed by atoms with Crippen LogP contribution in [0.25, 0.3) is 0 Å². The van der Waals surface area contributed by atoms with Gasteiger partial charge in [0, 0.05) is 0 Å². The molecule has 1 fully saturated rings. The highest BCUT2D eigenvalue weighted by Crippen LogP contribution is 2.29. The zero-order valence-corrected chi connectivity index (χ0v) is 13.4. The molecule has 2 atom stereocenters. The van der Waals surface area contributed by atoms with Crippen molar-refractivity contribution in [2.24, 2.45) is 5.14 Å². The lowest BCUT2D eigenvalue weighted by Gasteiger charge is -2.22. The second kappa shape index (κ2) is 6.23. The van der Waals surface area contributed by atoms with Crippen molar-refractivity contribution in [3.8, 4) is 5.75 Å². The van der Waals surface area contributed by atoms with Crippen molar-refractivity contribution >= 4 is 26.5 Å². The maximum Gasteiger partial charge on any atom is 0.249 e. The van der Waals surface area contributed by atoms with Gasteiger partial charge in [-0.25, -0.2) is 18.5 Å². The van der Waals surface area contributed by atoms with Gasteiger partial charge >= 0.3 is 0 Å². The molecule has 0 bridgehead atoms. The van der Waals surface area contributed by atoms with Crippen LogP contribution in [0.5, 0.6) is 5.75 Å². The normalized spacial score (nSPS) is 21.7. The van der Waals surface area contributed by atoms with Crippen LogP contribution in [0.4, 0.5) is 5.13 Å². The molecule has 0 aliphatic heterocycles. The summed E-state index contributed by atoms with van der Waals surface area (Å²) in [5, 5.41) is 8.92. The molecule has 3 N–H and O–H groups in total. The monoisotopic (exact) mass is 339 g/mol. The van der Waals surface area contributed by atoms with E-state index in [-0.39, 0.29) is 16.4 Å². The van der Waals surface area contributed by atoms with Crippen molar-refractivity contribution in [3.05, 3.63) is 36.5 Å². The molecule has 1 aliphatic rings. The number of primary sulfonamides is 1. The quantitative estimate of drug-likeness (QED) is 0.871. The van der Waals surface area contributed by atoms with Crippen LogP contribution in [-0.4, -0.2) is 25.5 Å². The molecule has 0 amide bonds. The third-order valence-corrected chi connectivity index (χ3v) is 5.89. The van der Waals surface area contributed by atoms with Crippen LogP contribution in [0.15, 0.2) is 40.7 Å². The largest absolute Gasteiger partial charge is 0.488 e. The lowest BCUT2D eigenvalue weighted by Crippen LogP contribution is -2.32. The van der Waals surface area contributed by atoms with Crippen molar-refractivity contribution < 1.29 is 13.2 Å². The second-order valence-corrected chi connectivity index (χ2v) is 8.00. The van der Waals surface area contributed by atoms with Crippen LogP contribution in [0.1, 0.15) is 19.3 Å². The molecule has 1 aliphatic carbocycles. The molecular weight excluding hydrogens is 322 g/mol. The van der Waals surface area contributed by atoms with Gasteiger partial charge in [-0.2, -0.15) is 0 Å². The van der Waals surface area contributed by atoms with E-state index in [2.05, 4.69) is 10.3 Å². The van der Waals surface area contributed by atoms with E-state index >= 15 is 0 Å². The fraction of sp³-hybridized carbons (Fsp3) is 0.357. The number of ether oxygens (including phenoxy) is 1. The van der Waals surface area contributed by atoms with Crippen LogP contribution < -0.4 is 15.2 Å². The predicted octanol–water partition coefficient (Wildman–Crippen LogP) is 2.20. The van der Waals surface area contributed by atoms with Crippen LogP contribution in [0.2, 0.25) is 0 Å². The predicted molar refractivity (Wildman–Crippen MR) is 85.6 cm³/mol. The molecule has 2 aromatic rings. The highest BCUT2D eigenvalue weighted by molar-refractivity contribution is 7.91. The lowest BCUT2D eigenvalue weighted by atomic mass is 10.2. The Bertz CT molecular complexity index is 731. The second-order valence-electron chi connectivity index (χ2n) is 5.18. The van der Waals surface area contributed by atoms with Gasteiger partial charge in [-0.1, -0.05) is 29.5 Å². The van der Waals surface area contributed by atoms with Gasteiger partial charge in [-0.3, -0.25) is 0 Å². The van der Waals surface area contributed by atoms with E-state index in [1.807, 2.05) is 30.3 Å². The topological polar surface area (TPSA) is 94.3 Å². The first-order chi connectivity index (χ1) is 10.5. The van der Waals surface area contributed by atoms with E-state index in [9.17, 15) is 8.42 Å². The average molecular weight is 339 g/mol. The van der Waals surface area contributed by atoms with Crippen LogP contribution in [-0.2, 0) is 10.0 Å². The molecule has 118 valence electrons. The number of hydrogen-bond acceptors (Lipinski definition) is 6. The summed E-state index contributed by atoms with van der Waals surface area (Å²) in [6.07, 6.45) is 4.30. The molecule has 0 saturated heterocycles. The first-order valence-electron chi connectivity index (χ1n) is 6.99. The summed E-state index contributed by atoms with van der Waals surface area (Å²) >= 11 is 1.04.